The molecular weight excluding hydrogens is 565 g/mol. The molecule has 0 bridgehead atoms. The monoisotopic (exact) mass is 616 g/mol. The molecule has 0 aromatic heterocycles. The van der Waals surface area contributed by atoms with E-state index in [0.717, 1.165) is 22.3 Å². The van der Waals surface area contributed by atoms with Gasteiger partial charge in [-0.2, -0.15) is 0 Å². The first-order valence-electron chi connectivity index (χ1n) is 15.1. The van der Waals surface area contributed by atoms with Gasteiger partial charge in [0.2, 0.25) is 0 Å². The predicted octanol–water partition coefficient (Wildman–Crippen LogP) is 8.31. The number of rotatable bonds is 3. The lowest BCUT2D eigenvalue weighted by Gasteiger charge is -2.46. The molecule has 4 aliphatic rings. The molecule has 0 radical (unpaired) electrons. The van der Waals surface area contributed by atoms with Gasteiger partial charge in [0.15, 0.2) is 24.1 Å². The van der Waals surface area contributed by atoms with Gasteiger partial charge in [-0.1, -0.05) is 107 Å². The van der Waals surface area contributed by atoms with Crippen LogP contribution in [-0.4, -0.2) is 52.4 Å². The molecule has 2 saturated heterocycles. The van der Waals surface area contributed by atoms with Crippen LogP contribution in [0.2, 0.25) is 0 Å². The Morgan fingerprint density at radius 3 is 1.24 bits per heavy atom. The average Bonchev–Trinajstić information content (AvgIpc) is 3.38. The fraction of sp³-hybridized carbons (Fsp3) is 0.714. The number of methoxy groups -OCH3 is 2. The summed E-state index contributed by atoms with van der Waals surface area (Å²) < 4.78 is 16.4. The van der Waals surface area contributed by atoms with Crippen LogP contribution in [0.1, 0.15) is 89.5 Å². The molecule has 4 rings (SSSR count). The molecule has 5 nitrogen and oxygen atoms in total. The minimum atomic E-state index is -0.612. The highest BCUT2D eigenvalue weighted by Gasteiger charge is 2.63. The van der Waals surface area contributed by atoms with Gasteiger partial charge in [0.1, 0.15) is 0 Å². The zero-order valence-corrected chi connectivity index (χ0v) is 29.8. The molecule has 0 aromatic rings. The fourth-order valence-corrected chi connectivity index (χ4v) is 10.7. The van der Waals surface area contributed by atoms with Gasteiger partial charge in [0.05, 0.1) is 14.1 Å². The van der Waals surface area contributed by atoms with Crippen LogP contribution in [0.4, 0.5) is 0 Å². The Bertz CT molecular complexity index is 1100. The smallest absolute Gasteiger partial charge is 0.185 e. The normalized spacial score (nSPS) is 28.8. The van der Waals surface area contributed by atoms with E-state index in [0.29, 0.717) is 6.42 Å². The Hall–Kier alpha value is -1.12. The van der Waals surface area contributed by atoms with Crippen LogP contribution < -0.4 is 0 Å². The Morgan fingerprint density at radius 2 is 0.976 bits per heavy atom. The first-order valence-corrected chi connectivity index (χ1v) is 16.8. The van der Waals surface area contributed by atoms with E-state index in [1.165, 1.54) is 0 Å². The molecule has 0 saturated carbocycles. The highest BCUT2D eigenvalue weighted by atomic mass is 32.2. The zero-order valence-electron chi connectivity index (χ0n) is 28.2. The maximum atomic E-state index is 14.2. The van der Waals surface area contributed by atoms with Crippen molar-refractivity contribution in [2.45, 2.75) is 116 Å². The number of hydrogen-bond donors (Lipinski definition) is 0. The van der Waals surface area contributed by atoms with Gasteiger partial charge in [-0.05, 0) is 21.7 Å². The van der Waals surface area contributed by atoms with Crippen LogP contribution >= 0.6 is 23.5 Å². The summed E-state index contributed by atoms with van der Waals surface area (Å²) in [6, 6.07) is 0. The first kappa shape index (κ1) is 33.8. The molecule has 2 spiro atoms. The summed E-state index contributed by atoms with van der Waals surface area (Å²) >= 11 is 3.76. The molecule has 2 aliphatic heterocycles. The van der Waals surface area contributed by atoms with Crippen LogP contribution in [0.3, 0.4) is 0 Å². The van der Waals surface area contributed by atoms with E-state index in [1.54, 1.807) is 14.2 Å². The Balaban J connectivity index is 2.09. The number of ether oxygens (including phenoxy) is 3. The lowest BCUT2D eigenvalue weighted by molar-refractivity contribution is -0.192. The van der Waals surface area contributed by atoms with Crippen LogP contribution in [0.5, 0.6) is 0 Å². The van der Waals surface area contributed by atoms with E-state index in [1.807, 2.05) is 23.5 Å². The van der Waals surface area contributed by atoms with Gasteiger partial charge in [0, 0.05) is 48.9 Å². The largest absolute Gasteiger partial charge is 0.356 e. The van der Waals surface area contributed by atoms with E-state index >= 15 is 0 Å². The van der Waals surface area contributed by atoms with Crippen LogP contribution in [-0.2, 0) is 23.8 Å². The summed E-state index contributed by atoms with van der Waals surface area (Å²) in [6.45, 7) is 25.5. The van der Waals surface area contributed by atoms with Crippen molar-refractivity contribution >= 4 is 35.1 Å². The van der Waals surface area contributed by atoms with Crippen molar-refractivity contribution < 1.29 is 23.8 Å². The zero-order chi connectivity index (χ0) is 31.8. The second-order valence-corrected chi connectivity index (χ2v) is 19.5. The molecule has 42 heavy (non-hydrogen) atoms. The number of ketones is 2. The van der Waals surface area contributed by atoms with Gasteiger partial charge >= 0.3 is 0 Å². The van der Waals surface area contributed by atoms with Gasteiger partial charge < -0.3 is 14.2 Å². The van der Waals surface area contributed by atoms with Crippen molar-refractivity contribution in [2.24, 2.45) is 27.6 Å². The number of fused-ring (bicyclic) bond motifs is 1. The fourth-order valence-electron chi connectivity index (χ4n) is 6.34. The van der Waals surface area contributed by atoms with Gasteiger partial charge in [-0.15, -0.1) is 23.5 Å². The maximum absolute atomic E-state index is 14.2. The number of carbonyl (C=O) groups excluding carboxylic acids is 2. The Morgan fingerprint density at radius 1 is 0.643 bits per heavy atom. The highest BCUT2D eigenvalue weighted by molar-refractivity contribution is 8.22. The van der Waals surface area contributed by atoms with E-state index in [9.17, 15) is 9.59 Å². The van der Waals surface area contributed by atoms with Crippen molar-refractivity contribution in [3.05, 3.63) is 46.6 Å². The number of Topliss-reactive ketones (excluding diaryl/α,β-unsaturated/α-hetero) is 2. The van der Waals surface area contributed by atoms with Gasteiger partial charge in [0.25, 0.3) is 0 Å². The Kier molecular flexibility index (Phi) is 8.64. The molecule has 2 fully saturated rings. The molecule has 0 N–H and O–H groups in total. The third-order valence-corrected chi connectivity index (χ3v) is 12.6. The van der Waals surface area contributed by atoms with E-state index in [2.05, 4.69) is 107 Å². The minimum Gasteiger partial charge on any atom is -0.356 e. The third kappa shape index (κ3) is 5.82. The molecule has 2 aliphatic carbocycles. The van der Waals surface area contributed by atoms with Gasteiger partial charge in [-0.25, -0.2) is 0 Å². The topological polar surface area (TPSA) is 61.8 Å². The first-order chi connectivity index (χ1) is 19.0. The summed E-state index contributed by atoms with van der Waals surface area (Å²) in [5.41, 5.74) is 1.89. The molecule has 2 heterocycles. The van der Waals surface area contributed by atoms with Crippen molar-refractivity contribution in [1.82, 2.24) is 0 Å². The number of hydrogen-bond acceptors (Lipinski definition) is 7. The van der Waals surface area contributed by atoms with E-state index in [-0.39, 0.29) is 50.0 Å². The minimum absolute atomic E-state index is 0.0532. The second-order valence-electron chi connectivity index (χ2n) is 16.4. The van der Waals surface area contributed by atoms with E-state index in [4.69, 9.17) is 14.2 Å². The quantitative estimate of drug-likeness (QED) is 0.316. The molecular formula is C35H52O5S2. The average molecular weight is 617 g/mol. The van der Waals surface area contributed by atoms with Crippen molar-refractivity contribution in [3.8, 4) is 0 Å². The van der Waals surface area contributed by atoms with Crippen molar-refractivity contribution in [3.63, 3.8) is 0 Å². The second kappa shape index (κ2) is 10.8. The predicted molar refractivity (Wildman–Crippen MR) is 175 cm³/mol. The van der Waals surface area contributed by atoms with Crippen molar-refractivity contribution in [1.29, 1.82) is 0 Å². The number of carbonyl (C=O) groups is 2. The van der Waals surface area contributed by atoms with E-state index < -0.39 is 15.8 Å². The lowest BCUT2D eigenvalue weighted by Crippen LogP contribution is -2.48. The standard InChI is InChI=1S/C35H52O5S2/c1-30(2,3)21-16-34(17-22(26(21)36)31(4,5)6)35(42-29(41-34)20-15-25(38-13)40-28(20)39-14)18-23(32(7,8)9)27(37)24(19-35)33(10,11)12/h16-20,25,28-29H,15H2,1-14H3. The molecule has 0 aromatic carbocycles. The summed E-state index contributed by atoms with van der Waals surface area (Å²) in [5.74, 6) is 0.294. The summed E-state index contributed by atoms with van der Waals surface area (Å²) in [4.78, 5) is 28.3. The Labute approximate surface area is 262 Å². The van der Waals surface area contributed by atoms with Crippen LogP contribution in [0, 0.1) is 27.6 Å². The molecule has 0 amide bonds. The molecule has 234 valence electrons. The summed E-state index contributed by atoms with van der Waals surface area (Å²) in [7, 11) is 3.36. The number of allylic oxidation sites excluding steroid dienone is 4. The SMILES string of the molecule is COC1CC(C2SC3(C=C(C(C)(C)C)C(=O)C(C(C)(C)C)=C3)C3(C=C(C(C)(C)C)C(=O)C(C(C)(C)C)=C3)S2)C(OC)O1. The van der Waals surface area contributed by atoms with Crippen molar-refractivity contribution in [2.75, 3.05) is 14.2 Å². The van der Waals surface area contributed by atoms with Gasteiger partial charge in [-0.3, -0.25) is 9.59 Å². The summed E-state index contributed by atoms with van der Waals surface area (Å²) in [5, 5.41) is 0. The van der Waals surface area contributed by atoms with Crippen LogP contribution in [0.25, 0.3) is 0 Å². The molecule has 3 atom stereocenters. The number of thioether (sulfide) groups is 2. The summed E-state index contributed by atoms with van der Waals surface area (Å²) in [6.07, 6.45) is 8.96. The van der Waals surface area contributed by atoms with Crippen LogP contribution in [0.15, 0.2) is 46.6 Å². The molecule has 7 heteroatoms. The molecule has 3 unspecified atom stereocenters. The highest BCUT2D eigenvalue weighted by Crippen LogP contribution is 2.68. The third-order valence-electron chi connectivity index (χ3n) is 8.82. The maximum Gasteiger partial charge on any atom is 0.185 e. The lowest BCUT2D eigenvalue weighted by atomic mass is 9.65.